The summed E-state index contributed by atoms with van der Waals surface area (Å²) in [5, 5.41) is 20.8. The fraction of sp³-hybridized carbons (Fsp3) is 0.944. The Bertz CT molecular complexity index is 887. The third-order valence-corrected chi connectivity index (χ3v) is 10.7. The maximum absolute atomic E-state index is 12.9. The molecule has 0 aromatic rings. The molecule has 4 unspecified atom stereocenters. The van der Waals surface area contributed by atoms with Crippen LogP contribution in [0.1, 0.15) is 132 Å². The van der Waals surface area contributed by atoms with E-state index in [9.17, 15) is 19.8 Å². The average Bonchev–Trinajstić information content (AvgIpc) is 2.96. The molecule has 3 aliphatic rings. The summed E-state index contributed by atoms with van der Waals surface area (Å²) >= 11 is 0. The minimum absolute atomic E-state index is 0.112. The molecule has 3 aliphatic carbocycles. The standard InChI is InChI=1S/C36H64O8/c1-34(2,3)31(38)23-42-28-19-15-25(16-20-28)36(7,8)24-13-17-27(18-14-24)41-21-26(37)22-43-32(39)29-11-9-10-12-30(29)33(40)44-35(4,5)6/h24-31,37-38H,9-23H2,1-8H3. The Balaban J connectivity index is 1.35. The summed E-state index contributed by atoms with van der Waals surface area (Å²) in [4.78, 5) is 25.6. The first-order valence-electron chi connectivity index (χ1n) is 17.5. The van der Waals surface area contributed by atoms with Gasteiger partial charge in [0, 0.05) is 0 Å². The number of hydrogen-bond donors (Lipinski definition) is 2. The third-order valence-electron chi connectivity index (χ3n) is 10.7. The number of esters is 2. The van der Waals surface area contributed by atoms with E-state index in [0.29, 0.717) is 31.3 Å². The molecular weight excluding hydrogens is 560 g/mol. The lowest BCUT2D eigenvalue weighted by Crippen LogP contribution is -2.40. The number of rotatable bonds is 12. The van der Waals surface area contributed by atoms with Gasteiger partial charge in [0.15, 0.2) is 0 Å². The summed E-state index contributed by atoms with van der Waals surface area (Å²) in [5.41, 5.74) is -0.501. The van der Waals surface area contributed by atoms with Crippen molar-refractivity contribution in [2.24, 2.45) is 34.5 Å². The molecule has 3 saturated carbocycles. The van der Waals surface area contributed by atoms with Crippen LogP contribution in [0.25, 0.3) is 0 Å². The lowest BCUT2D eigenvalue weighted by Gasteiger charge is -2.46. The Morgan fingerprint density at radius 1 is 0.636 bits per heavy atom. The predicted molar refractivity (Wildman–Crippen MR) is 171 cm³/mol. The first-order chi connectivity index (χ1) is 20.5. The number of carbonyl (C=O) groups excluding carboxylic acids is 2. The van der Waals surface area contributed by atoms with Gasteiger partial charge in [-0.1, -0.05) is 47.5 Å². The van der Waals surface area contributed by atoms with Crippen LogP contribution in [0.4, 0.5) is 0 Å². The van der Waals surface area contributed by atoms with Crippen LogP contribution >= 0.6 is 0 Å². The van der Waals surface area contributed by atoms with E-state index in [-0.39, 0.29) is 42.2 Å². The zero-order valence-electron chi connectivity index (χ0n) is 29.1. The predicted octanol–water partition coefficient (Wildman–Crippen LogP) is 6.62. The molecule has 0 bridgehead atoms. The lowest BCUT2D eigenvalue weighted by atomic mass is 9.60. The van der Waals surface area contributed by atoms with E-state index in [1.807, 2.05) is 41.5 Å². The van der Waals surface area contributed by atoms with Crippen LogP contribution in [0.15, 0.2) is 0 Å². The van der Waals surface area contributed by atoms with E-state index >= 15 is 0 Å². The topological polar surface area (TPSA) is 112 Å². The maximum Gasteiger partial charge on any atom is 0.310 e. The Morgan fingerprint density at radius 3 is 1.55 bits per heavy atom. The molecule has 3 fully saturated rings. The smallest absolute Gasteiger partial charge is 0.310 e. The van der Waals surface area contributed by atoms with Crippen molar-refractivity contribution in [2.45, 2.75) is 162 Å². The van der Waals surface area contributed by atoms with Crippen LogP contribution < -0.4 is 0 Å². The van der Waals surface area contributed by atoms with Crippen LogP contribution in [0.3, 0.4) is 0 Å². The van der Waals surface area contributed by atoms with Gasteiger partial charge in [-0.15, -0.1) is 0 Å². The molecule has 0 aromatic carbocycles. The minimum Gasteiger partial charge on any atom is -0.463 e. The number of aliphatic hydroxyl groups excluding tert-OH is 2. The van der Waals surface area contributed by atoms with Gasteiger partial charge in [-0.25, -0.2) is 0 Å². The van der Waals surface area contributed by atoms with Gasteiger partial charge in [0.2, 0.25) is 0 Å². The van der Waals surface area contributed by atoms with Gasteiger partial charge in [-0.05, 0) is 108 Å². The molecule has 2 N–H and O–H groups in total. The monoisotopic (exact) mass is 624 g/mol. The van der Waals surface area contributed by atoms with Gasteiger partial charge in [0.25, 0.3) is 0 Å². The fourth-order valence-electron chi connectivity index (χ4n) is 7.41. The Hall–Kier alpha value is -1.22. The fourth-order valence-corrected chi connectivity index (χ4v) is 7.41. The van der Waals surface area contributed by atoms with Crippen molar-refractivity contribution in [3.8, 4) is 0 Å². The highest BCUT2D eigenvalue weighted by molar-refractivity contribution is 5.82. The van der Waals surface area contributed by atoms with Crippen molar-refractivity contribution in [3.63, 3.8) is 0 Å². The molecule has 0 aliphatic heterocycles. The number of ether oxygens (including phenoxy) is 4. The second kappa shape index (κ2) is 16.1. The maximum atomic E-state index is 12.9. The third kappa shape index (κ3) is 11.2. The van der Waals surface area contributed by atoms with Crippen molar-refractivity contribution in [1.29, 1.82) is 0 Å². The van der Waals surface area contributed by atoms with Crippen molar-refractivity contribution >= 4 is 11.9 Å². The van der Waals surface area contributed by atoms with Crippen molar-refractivity contribution in [3.05, 3.63) is 0 Å². The van der Waals surface area contributed by atoms with Crippen LogP contribution in [-0.4, -0.2) is 72.0 Å². The number of hydrogen-bond acceptors (Lipinski definition) is 8. The SMILES string of the molecule is CC(C)(C)OC(=O)C1CCCCC1C(=O)OCC(O)COC1CCC(C(C)(C)C2CCC(OCC(O)C(C)(C)C)CC2)CC1. The van der Waals surface area contributed by atoms with E-state index in [2.05, 4.69) is 13.8 Å². The summed E-state index contributed by atoms with van der Waals surface area (Å²) in [7, 11) is 0. The lowest BCUT2D eigenvalue weighted by molar-refractivity contribution is -0.171. The van der Waals surface area contributed by atoms with E-state index < -0.39 is 35.6 Å². The number of carbonyl (C=O) groups is 2. The van der Waals surface area contributed by atoms with Gasteiger partial charge in [-0.3, -0.25) is 9.59 Å². The summed E-state index contributed by atoms with van der Waals surface area (Å²) in [6, 6.07) is 0. The van der Waals surface area contributed by atoms with E-state index in [0.717, 1.165) is 51.4 Å². The second-order valence-electron chi connectivity index (χ2n) is 16.6. The molecule has 3 rings (SSSR count). The molecule has 0 heterocycles. The normalized spacial score (nSPS) is 30.3. The molecule has 0 aromatic heterocycles. The molecule has 8 nitrogen and oxygen atoms in total. The zero-order chi connectivity index (χ0) is 32.7. The molecule has 0 radical (unpaired) electrons. The van der Waals surface area contributed by atoms with Gasteiger partial charge >= 0.3 is 11.9 Å². The van der Waals surface area contributed by atoms with Crippen LogP contribution in [-0.2, 0) is 28.5 Å². The summed E-state index contributed by atoms with van der Waals surface area (Å²) in [6.45, 7) is 16.9. The molecule has 44 heavy (non-hydrogen) atoms. The summed E-state index contributed by atoms with van der Waals surface area (Å²) < 4.78 is 23.2. The van der Waals surface area contributed by atoms with Gasteiger partial charge in [0.05, 0.1) is 43.4 Å². The molecular formula is C36H64O8. The minimum atomic E-state index is -0.890. The molecule has 256 valence electrons. The van der Waals surface area contributed by atoms with Gasteiger partial charge in [-0.2, -0.15) is 0 Å². The van der Waals surface area contributed by atoms with E-state index in [1.54, 1.807) is 0 Å². The first-order valence-corrected chi connectivity index (χ1v) is 17.5. The van der Waals surface area contributed by atoms with Crippen molar-refractivity contribution in [2.75, 3.05) is 19.8 Å². The Labute approximate surface area is 267 Å². The van der Waals surface area contributed by atoms with Crippen LogP contribution in [0.5, 0.6) is 0 Å². The molecule has 8 heteroatoms. The molecule has 4 atom stereocenters. The first kappa shape index (κ1) is 37.2. The molecule has 0 amide bonds. The van der Waals surface area contributed by atoms with Crippen LogP contribution in [0.2, 0.25) is 0 Å². The van der Waals surface area contributed by atoms with E-state index in [4.69, 9.17) is 18.9 Å². The highest BCUT2D eigenvalue weighted by Gasteiger charge is 2.42. The Morgan fingerprint density at radius 2 is 1.09 bits per heavy atom. The summed E-state index contributed by atoms with van der Waals surface area (Å²) in [5.74, 6) is -0.450. The number of aliphatic hydroxyl groups is 2. The molecule has 0 spiro atoms. The van der Waals surface area contributed by atoms with Crippen molar-refractivity contribution in [1.82, 2.24) is 0 Å². The van der Waals surface area contributed by atoms with E-state index in [1.165, 1.54) is 12.8 Å². The second-order valence-corrected chi connectivity index (χ2v) is 16.6. The largest absolute Gasteiger partial charge is 0.463 e. The molecule has 0 saturated heterocycles. The quantitative estimate of drug-likeness (QED) is 0.233. The summed E-state index contributed by atoms with van der Waals surface area (Å²) in [6.07, 6.45) is 10.7. The average molecular weight is 625 g/mol. The highest BCUT2D eigenvalue weighted by Crippen LogP contribution is 2.49. The van der Waals surface area contributed by atoms with Gasteiger partial charge < -0.3 is 29.2 Å². The Kier molecular flexibility index (Phi) is 13.6. The van der Waals surface area contributed by atoms with Crippen LogP contribution in [0, 0.1) is 34.5 Å². The van der Waals surface area contributed by atoms with Crippen molar-refractivity contribution < 1.29 is 38.7 Å². The highest BCUT2D eigenvalue weighted by atomic mass is 16.6. The van der Waals surface area contributed by atoms with Gasteiger partial charge in [0.1, 0.15) is 18.3 Å². The zero-order valence-corrected chi connectivity index (χ0v) is 29.1.